The Morgan fingerprint density at radius 1 is 0.868 bits per heavy atom. The van der Waals surface area contributed by atoms with E-state index in [1.54, 1.807) is 12.4 Å². The molecule has 0 aliphatic heterocycles. The Kier molecular flexibility index (Phi) is 7.95. The molecule has 0 atom stereocenters. The number of hydrogen-bond donors (Lipinski definition) is 1. The van der Waals surface area contributed by atoms with Crippen molar-refractivity contribution in [2.75, 3.05) is 17.7 Å². The fourth-order valence-corrected chi connectivity index (χ4v) is 4.45. The van der Waals surface area contributed by atoms with Crippen LogP contribution in [0.15, 0.2) is 109 Å². The molecule has 0 aliphatic rings. The van der Waals surface area contributed by atoms with Gasteiger partial charge < -0.3 is 14.8 Å². The van der Waals surface area contributed by atoms with Crippen molar-refractivity contribution in [1.82, 2.24) is 19.7 Å². The number of anilines is 1. The molecule has 0 saturated heterocycles. The monoisotopic (exact) mass is 523 g/mol. The second-order valence-corrected chi connectivity index (χ2v) is 9.03. The summed E-state index contributed by atoms with van der Waals surface area (Å²) in [6.45, 7) is 2.53. The molecule has 0 fully saturated rings. The summed E-state index contributed by atoms with van der Waals surface area (Å²) in [6.07, 6.45) is 3.45. The van der Waals surface area contributed by atoms with Crippen LogP contribution in [0.1, 0.15) is 6.92 Å². The number of nitrogens with zero attached hydrogens (tertiary/aromatic N) is 4. The first kappa shape index (κ1) is 25.0. The van der Waals surface area contributed by atoms with Crippen LogP contribution in [-0.4, -0.2) is 38.0 Å². The summed E-state index contributed by atoms with van der Waals surface area (Å²) in [5.41, 5.74) is 2.36. The SMILES string of the molecule is CCOc1ccc(-n2c(SCC(=O)Nc3ccc(Oc4ccccc4)cc3)nnc2-c2cccnc2)cc1. The Balaban J connectivity index is 1.28. The van der Waals surface area contributed by atoms with Gasteiger partial charge in [0.2, 0.25) is 5.91 Å². The first-order chi connectivity index (χ1) is 18.7. The van der Waals surface area contributed by atoms with Gasteiger partial charge >= 0.3 is 0 Å². The van der Waals surface area contributed by atoms with Crippen LogP contribution in [0, 0.1) is 0 Å². The minimum absolute atomic E-state index is 0.157. The number of thioether (sulfide) groups is 1. The molecule has 0 radical (unpaired) electrons. The average molecular weight is 524 g/mol. The third-order valence-corrected chi connectivity index (χ3v) is 6.34. The number of nitrogens with one attached hydrogen (secondary N) is 1. The van der Waals surface area contributed by atoms with Crippen molar-refractivity contribution >= 4 is 23.4 Å². The van der Waals surface area contributed by atoms with Crippen molar-refractivity contribution in [3.63, 3.8) is 0 Å². The van der Waals surface area contributed by atoms with Crippen LogP contribution < -0.4 is 14.8 Å². The molecule has 0 bridgehead atoms. The number of hydrogen-bond acceptors (Lipinski definition) is 7. The van der Waals surface area contributed by atoms with Crippen LogP contribution >= 0.6 is 11.8 Å². The van der Waals surface area contributed by atoms with Gasteiger partial charge in [-0.25, -0.2) is 0 Å². The third kappa shape index (κ3) is 6.19. The summed E-state index contributed by atoms with van der Waals surface area (Å²) in [6, 6.07) is 28.3. The van der Waals surface area contributed by atoms with E-state index in [4.69, 9.17) is 9.47 Å². The van der Waals surface area contributed by atoms with Crippen molar-refractivity contribution < 1.29 is 14.3 Å². The van der Waals surface area contributed by atoms with Gasteiger partial charge in [-0.1, -0.05) is 30.0 Å². The summed E-state index contributed by atoms with van der Waals surface area (Å²) in [4.78, 5) is 17.0. The Labute approximate surface area is 224 Å². The maximum atomic E-state index is 12.8. The van der Waals surface area contributed by atoms with E-state index in [1.807, 2.05) is 102 Å². The van der Waals surface area contributed by atoms with Gasteiger partial charge in [-0.15, -0.1) is 10.2 Å². The number of rotatable bonds is 10. The highest BCUT2D eigenvalue weighted by atomic mass is 32.2. The number of aromatic nitrogens is 4. The summed E-state index contributed by atoms with van der Waals surface area (Å²) in [5, 5.41) is 12.3. The normalized spacial score (nSPS) is 10.7. The van der Waals surface area contributed by atoms with Gasteiger partial charge in [-0.2, -0.15) is 0 Å². The maximum Gasteiger partial charge on any atom is 0.234 e. The Morgan fingerprint density at radius 2 is 1.61 bits per heavy atom. The predicted octanol–water partition coefficient (Wildman–Crippen LogP) is 6.25. The highest BCUT2D eigenvalue weighted by molar-refractivity contribution is 7.99. The fourth-order valence-electron chi connectivity index (χ4n) is 3.69. The number of para-hydroxylation sites is 1. The average Bonchev–Trinajstić information content (AvgIpc) is 3.39. The molecule has 2 heterocycles. The first-order valence-corrected chi connectivity index (χ1v) is 13.0. The second kappa shape index (κ2) is 12.1. The molecule has 0 unspecified atom stereocenters. The van der Waals surface area contributed by atoms with Crippen molar-refractivity contribution in [3.05, 3.63) is 103 Å². The molecule has 1 N–H and O–H groups in total. The lowest BCUT2D eigenvalue weighted by molar-refractivity contribution is -0.113. The maximum absolute atomic E-state index is 12.8. The molecule has 8 nitrogen and oxygen atoms in total. The molecule has 2 aromatic heterocycles. The lowest BCUT2D eigenvalue weighted by Crippen LogP contribution is -2.14. The zero-order valence-electron chi connectivity index (χ0n) is 20.7. The Hall–Kier alpha value is -4.63. The van der Waals surface area contributed by atoms with Crippen molar-refractivity contribution in [3.8, 4) is 34.3 Å². The van der Waals surface area contributed by atoms with Crippen LogP contribution in [0.4, 0.5) is 5.69 Å². The standard InChI is InChI=1S/C29H25N5O3S/c1-2-36-24-16-12-23(13-17-24)34-28(21-7-6-18-30-19-21)32-33-29(34)38-20-27(35)31-22-10-14-26(15-11-22)37-25-8-4-3-5-9-25/h3-19H,2,20H2,1H3,(H,31,35). The Morgan fingerprint density at radius 3 is 2.32 bits per heavy atom. The summed E-state index contributed by atoms with van der Waals surface area (Å²) in [5.74, 6) is 2.86. The van der Waals surface area contributed by atoms with Crippen LogP contribution in [0.5, 0.6) is 17.2 Å². The smallest absolute Gasteiger partial charge is 0.234 e. The van der Waals surface area contributed by atoms with Gasteiger partial charge in [-0.3, -0.25) is 14.3 Å². The van der Waals surface area contributed by atoms with Gasteiger partial charge in [0.25, 0.3) is 0 Å². The minimum atomic E-state index is -0.157. The predicted molar refractivity (Wildman–Crippen MR) is 148 cm³/mol. The Bertz CT molecular complexity index is 1470. The number of pyridine rings is 1. The van der Waals surface area contributed by atoms with Gasteiger partial charge in [0.1, 0.15) is 17.2 Å². The van der Waals surface area contributed by atoms with Crippen LogP contribution in [0.25, 0.3) is 17.1 Å². The molecule has 1 amide bonds. The number of carbonyl (C=O) groups excluding carboxylic acids is 1. The van der Waals surface area contributed by atoms with Crippen LogP contribution in [0.2, 0.25) is 0 Å². The molecule has 38 heavy (non-hydrogen) atoms. The molecule has 0 saturated carbocycles. The van der Waals surface area contributed by atoms with E-state index in [0.717, 1.165) is 22.7 Å². The van der Waals surface area contributed by atoms with E-state index in [1.165, 1.54) is 11.8 Å². The van der Waals surface area contributed by atoms with Gasteiger partial charge in [0.15, 0.2) is 11.0 Å². The molecule has 3 aromatic carbocycles. The number of ether oxygens (including phenoxy) is 2. The lowest BCUT2D eigenvalue weighted by atomic mass is 10.2. The molecular formula is C29H25N5O3S. The van der Waals surface area contributed by atoms with Gasteiger partial charge in [-0.05, 0) is 79.7 Å². The van der Waals surface area contributed by atoms with E-state index in [-0.39, 0.29) is 11.7 Å². The minimum Gasteiger partial charge on any atom is -0.494 e. The van der Waals surface area contributed by atoms with Crippen molar-refractivity contribution in [1.29, 1.82) is 0 Å². The number of benzene rings is 3. The fraction of sp³-hybridized carbons (Fsp3) is 0.103. The van der Waals surface area contributed by atoms with E-state index in [2.05, 4.69) is 20.5 Å². The topological polar surface area (TPSA) is 91.2 Å². The molecule has 9 heteroatoms. The highest BCUT2D eigenvalue weighted by Crippen LogP contribution is 2.29. The van der Waals surface area contributed by atoms with Crippen molar-refractivity contribution in [2.45, 2.75) is 12.1 Å². The third-order valence-electron chi connectivity index (χ3n) is 5.41. The summed E-state index contributed by atoms with van der Waals surface area (Å²) in [7, 11) is 0. The van der Waals surface area contributed by atoms with E-state index < -0.39 is 0 Å². The molecule has 0 spiro atoms. The first-order valence-electron chi connectivity index (χ1n) is 12.0. The molecule has 5 rings (SSSR count). The van der Waals surface area contributed by atoms with Crippen LogP contribution in [-0.2, 0) is 4.79 Å². The van der Waals surface area contributed by atoms with E-state index >= 15 is 0 Å². The highest BCUT2D eigenvalue weighted by Gasteiger charge is 2.18. The lowest BCUT2D eigenvalue weighted by Gasteiger charge is -2.11. The van der Waals surface area contributed by atoms with Gasteiger partial charge in [0, 0.05) is 29.3 Å². The van der Waals surface area contributed by atoms with Crippen molar-refractivity contribution in [2.24, 2.45) is 0 Å². The van der Waals surface area contributed by atoms with Gasteiger partial charge in [0.05, 0.1) is 12.4 Å². The zero-order valence-corrected chi connectivity index (χ0v) is 21.5. The number of amides is 1. The van der Waals surface area contributed by atoms with E-state index in [9.17, 15) is 4.79 Å². The molecule has 5 aromatic rings. The summed E-state index contributed by atoms with van der Waals surface area (Å²) >= 11 is 1.31. The largest absolute Gasteiger partial charge is 0.494 e. The second-order valence-electron chi connectivity index (χ2n) is 8.09. The number of carbonyl (C=O) groups is 1. The molecular weight excluding hydrogens is 498 g/mol. The zero-order chi connectivity index (χ0) is 26.2. The molecule has 190 valence electrons. The summed E-state index contributed by atoms with van der Waals surface area (Å²) < 4.78 is 13.3. The molecule has 0 aliphatic carbocycles. The van der Waals surface area contributed by atoms with Crippen LogP contribution in [0.3, 0.4) is 0 Å². The van der Waals surface area contributed by atoms with E-state index in [0.29, 0.717) is 29.0 Å². The quantitative estimate of drug-likeness (QED) is 0.216.